The SMILES string of the molecule is Cc1ccc(-c2noc(CC3NCCNC3=O)n2)cc1F. The van der Waals surface area contributed by atoms with E-state index in [0.29, 0.717) is 42.4 Å². The van der Waals surface area contributed by atoms with E-state index >= 15 is 0 Å². The molecule has 0 radical (unpaired) electrons. The van der Waals surface area contributed by atoms with Gasteiger partial charge in [0.05, 0.1) is 12.5 Å². The minimum absolute atomic E-state index is 0.0811. The number of halogens is 1. The molecule has 1 aromatic carbocycles. The maximum atomic E-state index is 13.5. The zero-order valence-corrected chi connectivity index (χ0v) is 11.5. The van der Waals surface area contributed by atoms with Crippen LogP contribution in [0.25, 0.3) is 11.4 Å². The van der Waals surface area contributed by atoms with Crippen molar-refractivity contribution >= 4 is 5.91 Å². The van der Waals surface area contributed by atoms with E-state index in [1.807, 2.05) is 0 Å². The summed E-state index contributed by atoms with van der Waals surface area (Å²) in [7, 11) is 0. The average molecular weight is 290 g/mol. The third-order valence-corrected chi connectivity index (χ3v) is 3.41. The normalized spacial score (nSPS) is 18.6. The molecule has 21 heavy (non-hydrogen) atoms. The molecule has 0 aliphatic carbocycles. The van der Waals surface area contributed by atoms with Gasteiger partial charge in [0.25, 0.3) is 0 Å². The van der Waals surface area contributed by atoms with E-state index in [2.05, 4.69) is 20.8 Å². The monoisotopic (exact) mass is 290 g/mol. The molecule has 1 fully saturated rings. The number of rotatable bonds is 3. The van der Waals surface area contributed by atoms with Gasteiger partial charge in [-0.05, 0) is 18.6 Å². The van der Waals surface area contributed by atoms with Gasteiger partial charge in [-0.1, -0.05) is 17.3 Å². The van der Waals surface area contributed by atoms with E-state index in [1.165, 1.54) is 6.07 Å². The minimum atomic E-state index is -0.373. The third kappa shape index (κ3) is 2.92. The Hall–Kier alpha value is -2.28. The molecule has 2 N–H and O–H groups in total. The Morgan fingerprint density at radius 2 is 2.29 bits per heavy atom. The van der Waals surface area contributed by atoms with Crippen LogP contribution >= 0.6 is 0 Å². The zero-order chi connectivity index (χ0) is 14.8. The van der Waals surface area contributed by atoms with Gasteiger partial charge in [-0.2, -0.15) is 4.98 Å². The highest BCUT2D eigenvalue weighted by molar-refractivity contribution is 5.82. The Bertz CT molecular complexity index is 671. The highest BCUT2D eigenvalue weighted by atomic mass is 19.1. The number of aryl methyl sites for hydroxylation is 1. The topological polar surface area (TPSA) is 80.0 Å². The maximum absolute atomic E-state index is 13.5. The molecule has 3 rings (SSSR count). The number of amides is 1. The van der Waals surface area contributed by atoms with Gasteiger partial charge in [0, 0.05) is 18.7 Å². The van der Waals surface area contributed by atoms with Crippen LogP contribution in [0.15, 0.2) is 22.7 Å². The average Bonchev–Trinajstić information content (AvgIpc) is 2.93. The Morgan fingerprint density at radius 1 is 1.43 bits per heavy atom. The van der Waals surface area contributed by atoms with E-state index in [1.54, 1.807) is 19.1 Å². The Balaban J connectivity index is 1.76. The predicted octanol–water partition coefficient (Wildman–Crippen LogP) is 0.815. The summed E-state index contributed by atoms with van der Waals surface area (Å²) >= 11 is 0. The van der Waals surface area contributed by atoms with Crippen molar-refractivity contribution in [2.75, 3.05) is 13.1 Å². The highest BCUT2D eigenvalue weighted by Crippen LogP contribution is 2.19. The van der Waals surface area contributed by atoms with Crippen LogP contribution in [0, 0.1) is 12.7 Å². The lowest BCUT2D eigenvalue weighted by Gasteiger charge is -2.21. The molecule has 0 bridgehead atoms. The lowest BCUT2D eigenvalue weighted by molar-refractivity contribution is -0.124. The minimum Gasteiger partial charge on any atom is -0.353 e. The van der Waals surface area contributed by atoms with Crippen molar-refractivity contribution in [1.82, 2.24) is 20.8 Å². The number of nitrogens with zero attached hydrogens (tertiary/aromatic N) is 2. The quantitative estimate of drug-likeness (QED) is 0.874. The molecule has 2 aromatic rings. The highest BCUT2D eigenvalue weighted by Gasteiger charge is 2.24. The van der Waals surface area contributed by atoms with Gasteiger partial charge in [-0.3, -0.25) is 4.79 Å². The van der Waals surface area contributed by atoms with Gasteiger partial charge in [0.2, 0.25) is 17.6 Å². The van der Waals surface area contributed by atoms with Crippen molar-refractivity contribution in [3.63, 3.8) is 0 Å². The smallest absolute Gasteiger partial charge is 0.237 e. The Labute approximate surface area is 120 Å². The zero-order valence-electron chi connectivity index (χ0n) is 11.5. The Morgan fingerprint density at radius 3 is 3.05 bits per heavy atom. The van der Waals surface area contributed by atoms with Crippen LogP contribution in [-0.2, 0) is 11.2 Å². The molecule has 1 aromatic heterocycles. The van der Waals surface area contributed by atoms with E-state index in [-0.39, 0.29) is 17.8 Å². The van der Waals surface area contributed by atoms with Crippen LogP contribution in [0.2, 0.25) is 0 Å². The summed E-state index contributed by atoms with van der Waals surface area (Å²) in [6.45, 7) is 3.02. The van der Waals surface area contributed by atoms with Crippen LogP contribution in [0.1, 0.15) is 11.5 Å². The first-order valence-corrected chi connectivity index (χ1v) is 6.73. The first-order chi connectivity index (χ1) is 10.1. The molecule has 0 spiro atoms. The fraction of sp³-hybridized carbons (Fsp3) is 0.357. The molecule has 1 amide bonds. The molecule has 0 saturated carbocycles. The Kier molecular flexibility index (Phi) is 3.66. The first-order valence-electron chi connectivity index (χ1n) is 6.73. The molecular weight excluding hydrogens is 275 g/mol. The van der Waals surface area contributed by atoms with Crippen LogP contribution in [0.3, 0.4) is 0 Å². The van der Waals surface area contributed by atoms with E-state index < -0.39 is 0 Å². The van der Waals surface area contributed by atoms with Crippen molar-refractivity contribution in [3.05, 3.63) is 35.5 Å². The van der Waals surface area contributed by atoms with Crippen LogP contribution in [0.5, 0.6) is 0 Å². The molecular formula is C14H15FN4O2. The standard InChI is InChI=1S/C14H15FN4O2/c1-8-2-3-9(6-10(8)15)13-18-12(21-19-13)7-11-14(20)17-5-4-16-11/h2-3,6,11,16H,4-5,7H2,1H3,(H,17,20). The number of carbonyl (C=O) groups excluding carboxylic acids is 1. The van der Waals surface area contributed by atoms with Crippen molar-refractivity contribution < 1.29 is 13.7 Å². The molecule has 1 unspecified atom stereocenters. The first kappa shape index (κ1) is 13.7. The van der Waals surface area contributed by atoms with E-state index in [4.69, 9.17) is 4.52 Å². The maximum Gasteiger partial charge on any atom is 0.237 e. The number of nitrogens with one attached hydrogen (secondary N) is 2. The second-order valence-corrected chi connectivity index (χ2v) is 4.98. The lowest BCUT2D eigenvalue weighted by atomic mass is 10.1. The largest absolute Gasteiger partial charge is 0.353 e. The fourth-order valence-corrected chi connectivity index (χ4v) is 2.17. The van der Waals surface area contributed by atoms with Crippen molar-refractivity contribution in [2.45, 2.75) is 19.4 Å². The lowest BCUT2D eigenvalue weighted by Crippen LogP contribution is -2.53. The summed E-state index contributed by atoms with van der Waals surface area (Å²) < 4.78 is 18.7. The number of carbonyl (C=O) groups is 1. The molecule has 1 aliphatic rings. The summed E-state index contributed by atoms with van der Waals surface area (Å²) in [4.78, 5) is 15.9. The molecule has 6 nitrogen and oxygen atoms in total. The van der Waals surface area contributed by atoms with Crippen molar-refractivity contribution in [2.24, 2.45) is 0 Å². The van der Waals surface area contributed by atoms with E-state index in [9.17, 15) is 9.18 Å². The molecule has 7 heteroatoms. The number of piperazine rings is 1. The summed E-state index contributed by atoms with van der Waals surface area (Å²) in [6.07, 6.45) is 0.313. The number of hydrogen-bond donors (Lipinski definition) is 2. The van der Waals surface area contributed by atoms with Gasteiger partial charge in [-0.15, -0.1) is 0 Å². The van der Waals surface area contributed by atoms with Gasteiger partial charge < -0.3 is 15.2 Å². The van der Waals surface area contributed by atoms with Crippen molar-refractivity contribution in [3.8, 4) is 11.4 Å². The molecule has 110 valence electrons. The van der Waals surface area contributed by atoms with Crippen LogP contribution in [-0.4, -0.2) is 35.2 Å². The molecule has 1 aliphatic heterocycles. The second kappa shape index (κ2) is 5.61. The number of aromatic nitrogens is 2. The predicted molar refractivity (Wildman–Crippen MR) is 72.9 cm³/mol. The summed E-state index contributed by atoms with van der Waals surface area (Å²) in [6, 6.07) is 4.40. The van der Waals surface area contributed by atoms with Gasteiger partial charge >= 0.3 is 0 Å². The molecule has 1 saturated heterocycles. The van der Waals surface area contributed by atoms with Crippen LogP contribution < -0.4 is 10.6 Å². The number of hydrogen-bond acceptors (Lipinski definition) is 5. The third-order valence-electron chi connectivity index (χ3n) is 3.41. The summed E-state index contributed by atoms with van der Waals surface area (Å²) in [5.41, 5.74) is 1.11. The van der Waals surface area contributed by atoms with Crippen molar-refractivity contribution in [1.29, 1.82) is 0 Å². The molecule has 1 atom stereocenters. The fourth-order valence-electron chi connectivity index (χ4n) is 2.17. The van der Waals surface area contributed by atoms with Gasteiger partial charge in [0.15, 0.2) is 0 Å². The number of benzene rings is 1. The summed E-state index contributed by atoms with van der Waals surface area (Å²) in [5, 5.41) is 9.68. The summed E-state index contributed by atoms with van der Waals surface area (Å²) in [5.74, 6) is 0.273. The molecule has 2 heterocycles. The van der Waals surface area contributed by atoms with Crippen LogP contribution in [0.4, 0.5) is 4.39 Å². The second-order valence-electron chi connectivity index (χ2n) is 4.98. The van der Waals surface area contributed by atoms with Gasteiger partial charge in [-0.25, -0.2) is 4.39 Å². The van der Waals surface area contributed by atoms with E-state index in [0.717, 1.165) is 0 Å². The van der Waals surface area contributed by atoms with Gasteiger partial charge in [0.1, 0.15) is 5.82 Å².